The summed E-state index contributed by atoms with van der Waals surface area (Å²) < 4.78 is 20.2. The Kier molecular flexibility index (Phi) is 7.41. The van der Waals surface area contributed by atoms with Crippen LogP contribution in [0.15, 0.2) is 35.3 Å². The van der Waals surface area contributed by atoms with E-state index in [0.717, 1.165) is 24.4 Å². The van der Waals surface area contributed by atoms with Crippen LogP contribution in [0.1, 0.15) is 39.2 Å². The third-order valence-electron chi connectivity index (χ3n) is 5.32. The molecule has 2 N–H and O–H groups in total. The van der Waals surface area contributed by atoms with E-state index in [-0.39, 0.29) is 11.9 Å². The smallest absolute Gasteiger partial charge is 0.410 e. The fourth-order valence-electron chi connectivity index (χ4n) is 3.68. The molecule has 1 aliphatic carbocycles. The molecule has 8 heteroatoms. The Morgan fingerprint density at radius 3 is 2.45 bits per heavy atom. The maximum atomic E-state index is 14.8. The lowest BCUT2D eigenvalue weighted by Gasteiger charge is -2.36. The van der Waals surface area contributed by atoms with Crippen molar-refractivity contribution < 1.29 is 13.9 Å². The first kappa shape index (κ1) is 22.9. The molecule has 1 amide bonds. The van der Waals surface area contributed by atoms with Gasteiger partial charge >= 0.3 is 6.09 Å². The van der Waals surface area contributed by atoms with E-state index < -0.39 is 5.60 Å². The number of nitrogens with one attached hydrogen (secondary N) is 2. The van der Waals surface area contributed by atoms with Crippen LogP contribution in [0.25, 0.3) is 0 Å². The van der Waals surface area contributed by atoms with Crippen molar-refractivity contribution in [3.8, 4) is 0 Å². The van der Waals surface area contributed by atoms with Crippen molar-refractivity contribution in [2.75, 3.05) is 38.1 Å². The van der Waals surface area contributed by atoms with Gasteiger partial charge in [-0.15, -0.1) is 0 Å². The molecule has 0 aromatic heterocycles. The summed E-state index contributed by atoms with van der Waals surface area (Å²) in [6.07, 6.45) is 5.99. The van der Waals surface area contributed by atoms with Crippen LogP contribution in [0.5, 0.6) is 0 Å². The summed E-state index contributed by atoms with van der Waals surface area (Å²) in [6.45, 7) is 8.20. The third-order valence-corrected chi connectivity index (χ3v) is 5.32. The van der Waals surface area contributed by atoms with E-state index in [0.29, 0.717) is 44.5 Å². The number of piperazine rings is 1. The quantitative estimate of drug-likeness (QED) is 0.435. The predicted molar refractivity (Wildman–Crippen MR) is 122 cm³/mol. The number of halogens is 1. The van der Waals surface area contributed by atoms with Crippen molar-refractivity contribution in [1.29, 1.82) is 0 Å². The number of hydrogen-bond donors (Lipinski definition) is 2. The van der Waals surface area contributed by atoms with Crippen molar-refractivity contribution >= 4 is 17.7 Å². The summed E-state index contributed by atoms with van der Waals surface area (Å²) in [4.78, 5) is 20.1. The van der Waals surface area contributed by atoms with Gasteiger partial charge in [-0.25, -0.2) is 9.18 Å². The van der Waals surface area contributed by atoms with E-state index in [2.05, 4.69) is 27.8 Å². The van der Waals surface area contributed by atoms with E-state index in [9.17, 15) is 9.18 Å². The first-order valence-electron chi connectivity index (χ1n) is 10.9. The molecule has 3 rings (SSSR count). The van der Waals surface area contributed by atoms with E-state index >= 15 is 0 Å². The molecule has 0 saturated carbocycles. The second-order valence-corrected chi connectivity index (χ2v) is 8.95. The first-order valence-corrected chi connectivity index (χ1v) is 10.9. The summed E-state index contributed by atoms with van der Waals surface area (Å²) in [5, 5.41) is 6.62. The van der Waals surface area contributed by atoms with Gasteiger partial charge in [0.25, 0.3) is 0 Å². The van der Waals surface area contributed by atoms with E-state index in [1.165, 1.54) is 0 Å². The second-order valence-electron chi connectivity index (χ2n) is 8.95. The lowest BCUT2D eigenvalue weighted by Crippen LogP contribution is -2.50. The Labute approximate surface area is 184 Å². The number of nitrogens with zero attached hydrogens (tertiary/aromatic N) is 3. The van der Waals surface area contributed by atoms with Crippen molar-refractivity contribution in [3.63, 3.8) is 0 Å². The lowest BCUT2D eigenvalue weighted by molar-refractivity contribution is 0.0240. The zero-order valence-corrected chi connectivity index (χ0v) is 18.9. The zero-order chi connectivity index (χ0) is 22.4. The number of anilines is 1. The van der Waals surface area contributed by atoms with Gasteiger partial charge in [0.1, 0.15) is 11.4 Å². The fraction of sp³-hybridized carbons (Fsp3) is 0.565. The van der Waals surface area contributed by atoms with Gasteiger partial charge in [-0.3, -0.25) is 4.99 Å². The molecule has 0 radical (unpaired) electrons. The summed E-state index contributed by atoms with van der Waals surface area (Å²) in [6, 6.07) is 5.67. The van der Waals surface area contributed by atoms with Crippen LogP contribution in [0.2, 0.25) is 0 Å². The first-order chi connectivity index (χ1) is 14.7. The topological polar surface area (TPSA) is 69.2 Å². The van der Waals surface area contributed by atoms with Crippen molar-refractivity contribution in [2.45, 2.75) is 51.8 Å². The number of aliphatic imine (C=N–C) groups is 1. The van der Waals surface area contributed by atoms with Crippen LogP contribution in [-0.4, -0.2) is 61.8 Å². The van der Waals surface area contributed by atoms with Gasteiger partial charge in [-0.2, -0.15) is 0 Å². The molecule has 7 nitrogen and oxygen atoms in total. The van der Waals surface area contributed by atoms with Crippen LogP contribution in [-0.2, 0) is 11.3 Å². The molecule has 1 aromatic rings. The van der Waals surface area contributed by atoms with Gasteiger partial charge in [-0.05, 0) is 51.3 Å². The van der Waals surface area contributed by atoms with Gasteiger partial charge in [0, 0.05) is 45.8 Å². The second kappa shape index (κ2) is 10.0. The largest absolute Gasteiger partial charge is 0.444 e. The standard InChI is InChI=1S/C23H34FN5O2/c1-23(2,3)31-22(30)29-13-11-28(12-14-29)20-10-9-17(15-19(20)24)16-26-21(25-4)27-18-7-5-6-8-18/h5-6,9-10,15,18H,7-8,11-14,16H2,1-4H3,(H2,25,26,27). The highest BCUT2D eigenvalue weighted by molar-refractivity contribution is 5.80. The van der Waals surface area contributed by atoms with Crippen LogP contribution in [0.3, 0.4) is 0 Å². The van der Waals surface area contributed by atoms with Crippen molar-refractivity contribution in [2.24, 2.45) is 4.99 Å². The summed E-state index contributed by atoms with van der Waals surface area (Å²) in [5.74, 6) is 0.462. The van der Waals surface area contributed by atoms with E-state index in [1.54, 1.807) is 18.0 Å². The van der Waals surface area contributed by atoms with Gasteiger partial charge in [0.15, 0.2) is 5.96 Å². The number of amides is 1. The summed E-state index contributed by atoms with van der Waals surface area (Å²) in [5.41, 5.74) is 0.893. The van der Waals surface area contributed by atoms with E-state index in [4.69, 9.17) is 4.74 Å². The molecule has 31 heavy (non-hydrogen) atoms. The van der Waals surface area contributed by atoms with Crippen LogP contribution < -0.4 is 15.5 Å². The van der Waals surface area contributed by atoms with Gasteiger partial charge < -0.3 is 25.2 Å². The number of carbonyl (C=O) groups is 1. The van der Waals surface area contributed by atoms with Gasteiger partial charge in [0.2, 0.25) is 0 Å². The van der Waals surface area contributed by atoms with Crippen molar-refractivity contribution in [3.05, 3.63) is 41.7 Å². The average molecular weight is 432 g/mol. The molecule has 1 saturated heterocycles. The highest BCUT2D eigenvalue weighted by atomic mass is 19.1. The minimum atomic E-state index is -0.518. The molecule has 0 bridgehead atoms. The molecule has 2 aliphatic rings. The number of rotatable bonds is 4. The van der Waals surface area contributed by atoms with E-state index in [1.807, 2.05) is 37.8 Å². The highest BCUT2D eigenvalue weighted by Gasteiger charge is 2.26. The summed E-state index contributed by atoms with van der Waals surface area (Å²) in [7, 11) is 1.73. The predicted octanol–water partition coefficient (Wildman–Crippen LogP) is 3.27. The minimum Gasteiger partial charge on any atom is -0.444 e. The maximum Gasteiger partial charge on any atom is 0.410 e. The Morgan fingerprint density at radius 1 is 1.19 bits per heavy atom. The molecule has 1 aromatic carbocycles. The molecule has 1 heterocycles. The summed E-state index contributed by atoms with van der Waals surface area (Å²) >= 11 is 0. The molecule has 1 aliphatic heterocycles. The number of guanidine groups is 1. The molecule has 0 unspecified atom stereocenters. The van der Waals surface area contributed by atoms with Gasteiger partial charge in [0.05, 0.1) is 5.69 Å². The van der Waals surface area contributed by atoms with Crippen molar-refractivity contribution in [1.82, 2.24) is 15.5 Å². The molecule has 0 atom stereocenters. The lowest BCUT2D eigenvalue weighted by atomic mass is 10.1. The number of carbonyl (C=O) groups excluding carboxylic acids is 1. The Hall–Kier alpha value is -2.77. The molecular weight excluding hydrogens is 397 g/mol. The van der Waals surface area contributed by atoms with Crippen LogP contribution >= 0.6 is 0 Å². The fourth-order valence-corrected chi connectivity index (χ4v) is 3.68. The Balaban J connectivity index is 1.51. The zero-order valence-electron chi connectivity index (χ0n) is 18.9. The normalized spacial score (nSPS) is 17.8. The monoisotopic (exact) mass is 431 g/mol. The van der Waals surface area contributed by atoms with Crippen LogP contribution in [0.4, 0.5) is 14.9 Å². The minimum absolute atomic E-state index is 0.257. The Bertz CT molecular complexity index is 818. The average Bonchev–Trinajstić information content (AvgIpc) is 3.23. The molecule has 1 fully saturated rings. The number of hydrogen-bond acceptors (Lipinski definition) is 4. The number of ether oxygens (including phenoxy) is 1. The molecular formula is C23H34FN5O2. The third kappa shape index (κ3) is 6.60. The van der Waals surface area contributed by atoms with Gasteiger partial charge in [-0.1, -0.05) is 18.2 Å². The molecule has 0 spiro atoms. The highest BCUT2D eigenvalue weighted by Crippen LogP contribution is 2.23. The van der Waals surface area contributed by atoms with Crippen LogP contribution in [0, 0.1) is 5.82 Å². The Morgan fingerprint density at radius 2 is 1.87 bits per heavy atom. The SMILES string of the molecule is CN=C(NCc1ccc(N2CCN(C(=O)OC(C)(C)C)CC2)c(F)c1)NC1CC=CC1. The number of benzene rings is 1. The molecule has 170 valence electrons. The maximum absolute atomic E-state index is 14.8.